The van der Waals surface area contributed by atoms with Gasteiger partial charge < -0.3 is 15.2 Å². The van der Waals surface area contributed by atoms with Crippen LogP contribution in [0.15, 0.2) is 18.2 Å². The minimum absolute atomic E-state index is 0.179. The highest BCUT2D eigenvalue weighted by atomic mass is 16.5. The second-order valence-corrected chi connectivity index (χ2v) is 4.90. The van der Waals surface area contributed by atoms with E-state index in [4.69, 9.17) is 15.2 Å². The predicted molar refractivity (Wildman–Crippen MR) is 68.3 cm³/mol. The first-order valence-corrected chi connectivity index (χ1v) is 6.06. The number of rotatable bonds is 5. The number of nitrogens with two attached hydrogens (primary N) is 1. The molecule has 0 radical (unpaired) electrons. The van der Waals surface area contributed by atoms with Crippen molar-refractivity contribution >= 4 is 0 Å². The van der Waals surface area contributed by atoms with Crippen molar-refractivity contribution in [2.75, 3.05) is 14.2 Å². The fraction of sp³-hybridized carbons (Fsp3) is 0.571. The monoisotopic (exact) mass is 235 g/mol. The average Bonchev–Trinajstić information content (AvgIpc) is 3.11. The molecule has 2 rings (SSSR count). The summed E-state index contributed by atoms with van der Waals surface area (Å²) < 4.78 is 10.6. The third kappa shape index (κ3) is 2.17. The molecule has 0 aromatic heterocycles. The molecule has 3 nitrogen and oxygen atoms in total. The molecular weight excluding hydrogens is 214 g/mol. The molecule has 94 valence electrons. The van der Waals surface area contributed by atoms with Gasteiger partial charge in [0.2, 0.25) is 0 Å². The fourth-order valence-corrected chi connectivity index (χ4v) is 2.47. The van der Waals surface area contributed by atoms with E-state index in [1.54, 1.807) is 14.2 Å². The lowest BCUT2D eigenvalue weighted by Gasteiger charge is -2.21. The molecule has 1 aliphatic carbocycles. The largest absolute Gasteiger partial charge is 0.496 e. The second-order valence-electron chi connectivity index (χ2n) is 4.90. The van der Waals surface area contributed by atoms with Gasteiger partial charge in [0.15, 0.2) is 0 Å². The van der Waals surface area contributed by atoms with Crippen molar-refractivity contribution < 1.29 is 9.47 Å². The summed E-state index contributed by atoms with van der Waals surface area (Å²) in [5.41, 5.74) is 8.65. The summed E-state index contributed by atoms with van der Waals surface area (Å²) in [4.78, 5) is 0. The number of methoxy groups -OCH3 is 2. The quantitative estimate of drug-likeness (QED) is 0.851. The van der Waals surface area contributed by atoms with Crippen molar-refractivity contribution in [2.45, 2.75) is 37.8 Å². The molecule has 1 aromatic carbocycles. The molecule has 1 aromatic rings. The van der Waals surface area contributed by atoms with Gasteiger partial charge in [0.05, 0.1) is 13.7 Å². The van der Waals surface area contributed by atoms with Crippen LogP contribution in [0.3, 0.4) is 0 Å². The van der Waals surface area contributed by atoms with E-state index < -0.39 is 0 Å². The zero-order chi connectivity index (χ0) is 12.5. The van der Waals surface area contributed by atoms with Crippen molar-refractivity contribution in [1.82, 2.24) is 0 Å². The second kappa shape index (κ2) is 4.67. The van der Waals surface area contributed by atoms with Gasteiger partial charge in [-0.05, 0) is 31.4 Å². The first kappa shape index (κ1) is 12.4. The Bertz CT molecular complexity index is 397. The lowest BCUT2D eigenvalue weighted by atomic mass is 9.89. The number of hydrogen-bond donors (Lipinski definition) is 1. The Balaban J connectivity index is 2.32. The van der Waals surface area contributed by atoms with Crippen LogP contribution in [-0.4, -0.2) is 20.3 Å². The first-order valence-electron chi connectivity index (χ1n) is 6.06. The smallest absolute Gasteiger partial charge is 0.124 e. The fourth-order valence-electron chi connectivity index (χ4n) is 2.47. The van der Waals surface area contributed by atoms with Crippen LogP contribution in [-0.2, 0) is 16.8 Å². The molecule has 0 amide bonds. The average molecular weight is 235 g/mol. The molecule has 1 atom stereocenters. The number of ether oxygens (including phenoxy) is 2. The standard InChI is InChI=1S/C14H21NO2/c1-10(15)14(6-7-14)12-5-4-11(9-16-2)13(8-12)17-3/h4-5,8,10H,6-7,9,15H2,1-3H3. The van der Waals surface area contributed by atoms with Gasteiger partial charge in [0.25, 0.3) is 0 Å². The summed E-state index contributed by atoms with van der Waals surface area (Å²) in [6.45, 7) is 2.66. The van der Waals surface area contributed by atoms with Crippen LogP contribution in [0, 0.1) is 0 Å². The van der Waals surface area contributed by atoms with Gasteiger partial charge in [-0.2, -0.15) is 0 Å². The van der Waals surface area contributed by atoms with E-state index in [0.717, 1.165) is 11.3 Å². The maximum Gasteiger partial charge on any atom is 0.124 e. The Kier molecular flexibility index (Phi) is 3.40. The Hall–Kier alpha value is -1.06. The molecule has 1 fully saturated rings. The van der Waals surface area contributed by atoms with E-state index in [1.807, 2.05) is 0 Å². The van der Waals surface area contributed by atoms with Gasteiger partial charge in [0.1, 0.15) is 5.75 Å². The van der Waals surface area contributed by atoms with Crippen molar-refractivity contribution in [3.05, 3.63) is 29.3 Å². The van der Waals surface area contributed by atoms with Crippen molar-refractivity contribution in [2.24, 2.45) is 5.73 Å². The van der Waals surface area contributed by atoms with E-state index in [0.29, 0.717) is 6.61 Å². The highest BCUT2D eigenvalue weighted by molar-refractivity contribution is 5.43. The summed E-state index contributed by atoms with van der Waals surface area (Å²) in [5.74, 6) is 0.899. The zero-order valence-electron chi connectivity index (χ0n) is 10.8. The summed E-state index contributed by atoms with van der Waals surface area (Å²) >= 11 is 0. The van der Waals surface area contributed by atoms with Crippen LogP contribution < -0.4 is 10.5 Å². The van der Waals surface area contributed by atoms with E-state index in [1.165, 1.54) is 18.4 Å². The van der Waals surface area contributed by atoms with Crippen LogP contribution in [0.2, 0.25) is 0 Å². The minimum Gasteiger partial charge on any atom is -0.496 e. The third-order valence-electron chi connectivity index (χ3n) is 3.82. The Labute approximate surface area is 103 Å². The molecule has 0 spiro atoms. The first-order chi connectivity index (χ1) is 8.14. The van der Waals surface area contributed by atoms with Crippen molar-refractivity contribution in [1.29, 1.82) is 0 Å². The molecule has 0 bridgehead atoms. The Morgan fingerprint density at radius 3 is 2.53 bits per heavy atom. The Morgan fingerprint density at radius 2 is 2.06 bits per heavy atom. The van der Waals surface area contributed by atoms with Crippen molar-refractivity contribution in [3.63, 3.8) is 0 Å². The molecule has 0 aliphatic heterocycles. The molecule has 0 saturated heterocycles. The summed E-state index contributed by atoms with van der Waals surface area (Å²) in [6.07, 6.45) is 2.36. The molecule has 1 unspecified atom stereocenters. The van der Waals surface area contributed by atoms with Crippen LogP contribution in [0.1, 0.15) is 30.9 Å². The van der Waals surface area contributed by atoms with E-state index in [2.05, 4.69) is 25.1 Å². The summed E-state index contributed by atoms with van der Waals surface area (Å²) in [6, 6.07) is 6.55. The number of hydrogen-bond acceptors (Lipinski definition) is 3. The maximum absolute atomic E-state index is 6.09. The van der Waals surface area contributed by atoms with Crippen molar-refractivity contribution in [3.8, 4) is 5.75 Å². The summed E-state index contributed by atoms with van der Waals surface area (Å²) in [7, 11) is 3.39. The Morgan fingerprint density at radius 1 is 1.35 bits per heavy atom. The van der Waals surface area contributed by atoms with Gasteiger partial charge in [-0.1, -0.05) is 12.1 Å². The van der Waals surface area contributed by atoms with Gasteiger partial charge in [-0.3, -0.25) is 0 Å². The lowest BCUT2D eigenvalue weighted by molar-refractivity contribution is 0.181. The molecule has 0 heterocycles. The van der Waals surface area contributed by atoms with Crippen LogP contribution in [0.5, 0.6) is 5.75 Å². The molecule has 1 saturated carbocycles. The highest BCUT2D eigenvalue weighted by Gasteiger charge is 2.47. The molecule has 3 heteroatoms. The third-order valence-corrected chi connectivity index (χ3v) is 3.82. The highest BCUT2D eigenvalue weighted by Crippen LogP contribution is 2.51. The van der Waals surface area contributed by atoms with Gasteiger partial charge in [-0.25, -0.2) is 0 Å². The van der Waals surface area contributed by atoms with Crippen LogP contribution >= 0.6 is 0 Å². The summed E-state index contributed by atoms with van der Waals surface area (Å²) in [5, 5.41) is 0. The SMILES string of the molecule is COCc1ccc(C2(C(C)N)CC2)cc1OC. The minimum atomic E-state index is 0.179. The van der Waals surface area contributed by atoms with Crippen LogP contribution in [0.25, 0.3) is 0 Å². The molecule has 1 aliphatic rings. The number of benzene rings is 1. The van der Waals surface area contributed by atoms with E-state index >= 15 is 0 Å². The predicted octanol–water partition coefficient (Wildman–Crippen LogP) is 2.22. The van der Waals surface area contributed by atoms with Gasteiger partial charge in [-0.15, -0.1) is 0 Å². The molecular formula is C14H21NO2. The van der Waals surface area contributed by atoms with E-state index in [-0.39, 0.29) is 11.5 Å². The molecule has 17 heavy (non-hydrogen) atoms. The van der Waals surface area contributed by atoms with Gasteiger partial charge >= 0.3 is 0 Å². The normalized spacial score (nSPS) is 18.8. The van der Waals surface area contributed by atoms with Gasteiger partial charge in [0, 0.05) is 24.1 Å². The maximum atomic E-state index is 6.09. The van der Waals surface area contributed by atoms with E-state index in [9.17, 15) is 0 Å². The zero-order valence-corrected chi connectivity index (χ0v) is 10.8. The van der Waals surface area contributed by atoms with Crippen LogP contribution in [0.4, 0.5) is 0 Å². The topological polar surface area (TPSA) is 44.5 Å². The lowest BCUT2D eigenvalue weighted by Crippen LogP contribution is -2.31. The molecule has 2 N–H and O–H groups in total.